The average molecular weight is 288 g/mol. The Hall–Kier alpha value is -2.50. The molecule has 5 nitrogen and oxygen atoms in total. The molecular weight excluding hydrogens is 271 g/mol. The van der Waals surface area contributed by atoms with Crippen LogP contribution in [0.25, 0.3) is 0 Å². The van der Waals surface area contributed by atoms with Crippen LogP contribution in [0.2, 0.25) is 0 Å². The third kappa shape index (κ3) is 3.98. The highest BCUT2D eigenvalue weighted by atomic mass is 19.1. The summed E-state index contributed by atoms with van der Waals surface area (Å²) in [4.78, 5) is 20.2. The Morgan fingerprint density at radius 1 is 1.33 bits per heavy atom. The van der Waals surface area contributed by atoms with E-state index in [1.165, 1.54) is 12.3 Å². The molecule has 1 heterocycles. The van der Waals surface area contributed by atoms with Crippen molar-refractivity contribution < 1.29 is 9.18 Å². The number of carbonyl (C=O) groups is 1. The third-order valence-corrected chi connectivity index (χ3v) is 2.79. The molecule has 6 heteroatoms. The first-order chi connectivity index (χ1) is 10.1. The van der Waals surface area contributed by atoms with Crippen LogP contribution < -0.4 is 10.6 Å². The van der Waals surface area contributed by atoms with Gasteiger partial charge >= 0.3 is 0 Å². The van der Waals surface area contributed by atoms with Crippen LogP contribution in [0.3, 0.4) is 0 Å². The van der Waals surface area contributed by atoms with E-state index in [0.29, 0.717) is 5.82 Å². The highest BCUT2D eigenvalue weighted by Gasteiger charge is 2.12. The van der Waals surface area contributed by atoms with Gasteiger partial charge in [0.2, 0.25) is 0 Å². The minimum atomic E-state index is -0.493. The number of nitrogens with zero attached hydrogens (tertiary/aromatic N) is 2. The molecule has 0 saturated heterocycles. The monoisotopic (exact) mass is 288 g/mol. The molecule has 110 valence electrons. The lowest BCUT2D eigenvalue weighted by molar-refractivity contribution is 0.102. The molecule has 0 unspecified atom stereocenters. The van der Waals surface area contributed by atoms with Gasteiger partial charge < -0.3 is 10.6 Å². The summed E-state index contributed by atoms with van der Waals surface area (Å²) < 4.78 is 13.6. The summed E-state index contributed by atoms with van der Waals surface area (Å²) in [6.07, 6.45) is 3.83. The second-order valence-corrected chi connectivity index (χ2v) is 4.65. The highest BCUT2D eigenvalue weighted by Crippen LogP contribution is 2.16. The fourth-order valence-electron chi connectivity index (χ4n) is 1.73. The van der Waals surface area contributed by atoms with Crippen molar-refractivity contribution >= 4 is 17.4 Å². The van der Waals surface area contributed by atoms with E-state index in [2.05, 4.69) is 20.6 Å². The molecule has 1 aromatic carbocycles. The molecule has 0 aliphatic carbocycles. The van der Waals surface area contributed by atoms with Crippen molar-refractivity contribution in [3.63, 3.8) is 0 Å². The molecule has 2 N–H and O–H groups in total. The zero-order valence-electron chi connectivity index (χ0n) is 12.0. The summed E-state index contributed by atoms with van der Waals surface area (Å²) in [5.41, 5.74) is 1.13. The molecule has 0 spiro atoms. The predicted molar refractivity (Wildman–Crippen MR) is 79.9 cm³/mol. The van der Waals surface area contributed by atoms with E-state index in [-0.39, 0.29) is 11.4 Å². The first-order valence-electron chi connectivity index (χ1n) is 6.73. The molecule has 0 atom stereocenters. The number of carbonyl (C=O) groups excluding carboxylic acids is 1. The topological polar surface area (TPSA) is 66.9 Å². The van der Waals surface area contributed by atoms with Gasteiger partial charge in [0.25, 0.3) is 5.91 Å². The van der Waals surface area contributed by atoms with E-state index in [4.69, 9.17) is 0 Å². The second-order valence-electron chi connectivity index (χ2n) is 4.65. The number of nitrogens with one attached hydrogen (secondary N) is 2. The van der Waals surface area contributed by atoms with Crippen LogP contribution in [0.4, 0.5) is 15.9 Å². The highest BCUT2D eigenvalue weighted by molar-refractivity contribution is 6.02. The van der Waals surface area contributed by atoms with E-state index in [0.717, 1.165) is 18.5 Å². The zero-order valence-corrected chi connectivity index (χ0v) is 12.0. The molecule has 2 aromatic rings. The average Bonchev–Trinajstić information content (AvgIpc) is 2.49. The first-order valence-corrected chi connectivity index (χ1v) is 6.73. The Morgan fingerprint density at radius 2 is 2.14 bits per heavy atom. The van der Waals surface area contributed by atoms with Gasteiger partial charge in [-0.05, 0) is 31.0 Å². The number of hydrogen-bond acceptors (Lipinski definition) is 4. The lowest BCUT2D eigenvalue weighted by Crippen LogP contribution is -2.16. The standard InChI is InChI=1S/C15H17FN4O/c1-3-6-18-14-9-17-8-13(19-14)15(21)20-12-7-10(2)4-5-11(12)16/h4-5,7-9H,3,6H2,1-2H3,(H,18,19)(H,20,21). The van der Waals surface area contributed by atoms with E-state index >= 15 is 0 Å². The Kier molecular flexibility index (Phi) is 4.81. The molecule has 1 amide bonds. The number of aryl methyl sites for hydroxylation is 1. The number of anilines is 2. The molecule has 2 rings (SSSR count). The lowest BCUT2D eigenvalue weighted by atomic mass is 10.2. The summed E-state index contributed by atoms with van der Waals surface area (Å²) in [5, 5.41) is 5.55. The van der Waals surface area contributed by atoms with Crippen LogP contribution in [0.15, 0.2) is 30.6 Å². The van der Waals surface area contributed by atoms with Crippen LogP contribution >= 0.6 is 0 Å². The molecule has 21 heavy (non-hydrogen) atoms. The first kappa shape index (κ1) is 14.9. The van der Waals surface area contributed by atoms with Crippen molar-refractivity contribution in [2.24, 2.45) is 0 Å². The molecule has 0 bridgehead atoms. The molecule has 0 fully saturated rings. The Labute approximate surface area is 122 Å². The number of halogens is 1. The van der Waals surface area contributed by atoms with Crippen molar-refractivity contribution in [2.75, 3.05) is 17.2 Å². The van der Waals surface area contributed by atoms with Crippen molar-refractivity contribution in [3.8, 4) is 0 Å². The van der Waals surface area contributed by atoms with Crippen molar-refractivity contribution in [3.05, 3.63) is 47.7 Å². The van der Waals surface area contributed by atoms with Crippen molar-refractivity contribution in [1.29, 1.82) is 0 Å². The van der Waals surface area contributed by atoms with Crippen LogP contribution in [0, 0.1) is 12.7 Å². The number of rotatable bonds is 5. The molecule has 0 aliphatic heterocycles. The summed E-state index contributed by atoms with van der Waals surface area (Å²) in [5.74, 6) is -0.455. The van der Waals surface area contributed by atoms with Crippen LogP contribution in [0.1, 0.15) is 29.4 Å². The van der Waals surface area contributed by atoms with Gasteiger partial charge in [0, 0.05) is 6.54 Å². The van der Waals surface area contributed by atoms with Crippen LogP contribution in [0.5, 0.6) is 0 Å². The number of amides is 1. The van der Waals surface area contributed by atoms with Gasteiger partial charge in [-0.25, -0.2) is 9.37 Å². The van der Waals surface area contributed by atoms with E-state index in [1.807, 2.05) is 13.8 Å². The molecule has 1 aromatic heterocycles. The minimum absolute atomic E-state index is 0.133. The Balaban J connectivity index is 2.14. The SMILES string of the molecule is CCCNc1cncc(C(=O)Nc2cc(C)ccc2F)n1. The van der Waals surface area contributed by atoms with Gasteiger partial charge in [0.05, 0.1) is 18.1 Å². The summed E-state index contributed by atoms with van der Waals surface area (Å²) in [6, 6.07) is 4.52. The summed E-state index contributed by atoms with van der Waals surface area (Å²) in [6.45, 7) is 4.59. The molecular formula is C15H17FN4O. The largest absolute Gasteiger partial charge is 0.369 e. The predicted octanol–water partition coefficient (Wildman–Crippen LogP) is 3.00. The van der Waals surface area contributed by atoms with Crippen LogP contribution in [-0.2, 0) is 0 Å². The number of aromatic nitrogens is 2. The number of benzene rings is 1. The quantitative estimate of drug-likeness (QED) is 0.887. The van der Waals surface area contributed by atoms with Gasteiger partial charge in [-0.15, -0.1) is 0 Å². The minimum Gasteiger partial charge on any atom is -0.369 e. The fraction of sp³-hybridized carbons (Fsp3) is 0.267. The lowest BCUT2D eigenvalue weighted by Gasteiger charge is -2.08. The maximum Gasteiger partial charge on any atom is 0.276 e. The van der Waals surface area contributed by atoms with Gasteiger partial charge in [0.1, 0.15) is 17.3 Å². The normalized spacial score (nSPS) is 10.2. The van der Waals surface area contributed by atoms with Crippen molar-refractivity contribution in [2.45, 2.75) is 20.3 Å². The van der Waals surface area contributed by atoms with Gasteiger partial charge in [-0.1, -0.05) is 13.0 Å². The Morgan fingerprint density at radius 3 is 2.90 bits per heavy atom. The summed E-state index contributed by atoms with van der Waals surface area (Å²) >= 11 is 0. The molecule has 0 aliphatic rings. The molecule has 0 saturated carbocycles. The second kappa shape index (κ2) is 6.78. The fourth-order valence-corrected chi connectivity index (χ4v) is 1.73. The van der Waals surface area contributed by atoms with Gasteiger partial charge in [-0.3, -0.25) is 9.78 Å². The molecule has 0 radical (unpaired) electrons. The van der Waals surface area contributed by atoms with E-state index < -0.39 is 11.7 Å². The zero-order chi connectivity index (χ0) is 15.2. The third-order valence-electron chi connectivity index (χ3n) is 2.79. The summed E-state index contributed by atoms with van der Waals surface area (Å²) in [7, 11) is 0. The van der Waals surface area contributed by atoms with Gasteiger partial charge in [-0.2, -0.15) is 0 Å². The Bertz CT molecular complexity index is 645. The number of hydrogen-bond donors (Lipinski definition) is 2. The van der Waals surface area contributed by atoms with E-state index in [1.54, 1.807) is 18.3 Å². The van der Waals surface area contributed by atoms with Gasteiger partial charge in [0.15, 0.2) is 0 Å². The maximum absolute atomic E-state index is 13.6. The van der Waals surface area contributed by atoms with Crippen LogP contribution in [-0.4, -0.2) is 22.4 Å². The van der Waals surface area contributed by atoms with E-state index in [9.17, 15) is 9.18 Å². The smallest absolute Gasteiger partial charge is 0.276 e. The van der Waals surface area contributed by atoms with Crippen molar-refractivity contribution in [1.82, 2.24) is 9.97 Å². The maximum atomic E-state index is 13.6.